The minimum atomic E-state index is -0.242. The molecular weight excluding hydrogens is 292 g/mol. The van der Waals surface area contributed by atoms with Crippen LogP contribution in [0.15, 0.2) is 24.5 Å². The van der Waals surface area contributed by atoms with E-state index in [1.54, 1.807) is 24.5 Å². The zero-order valence-electron chi connectivity index (χ0n) is 13.3. The smallest absolute Gasteiger partial charge is 0.319 e. The number of hydrogen-bond donors (Lipinski definition) is 2. The molecule has 3 heterocycles. The molecular formula is C16H22N6O. The number of aryl methyl sites for hydroxylation is 1. The summed E-state index contributed by atoms with van der Waals surface area (Å²) in [7, 11) is 0. The van der Waals surface area contributed by atoms with E-state index in [0.29, 0.717) is 5.69 Å². The Morgan fingerprint density at radius 2 is 2.09 bits per heavy atom. The van der Waals surface area contributed by atoms with E-state index in [2.05, 4.69) is 30.4 Å². The molecule has 0 saturated heterocycles. The van der Waals surface area contributed by atoms with E-state index in [-0.39, 0.29) is 12.1 Å². The average Bonchev–Trinajstić information content (AvgIpc) is 2.82. The highest BCUT2D eigenvalue weighted by Gasteiger charge is 2.22. The zero-order chi connectivity index (χ0) is 16.1. The molecule has 7 heteroatoms. The maximum atomic E-state index is 12.2. The van der Waals surface area contributed by atoms with Crippen LogP contribution in [-0.2, 0) is 13.0 Å². The first-order chi connectivity index (χ1) is 11.3. The third-order valence-electron chi connectivity index (χ3n) is 4.10. The highest BCUT2D eigenvalue weighted by Crippen LogP contribution is 2.20. The number of aromatic nitrogens is 4. The summed E-state index contributed by atoms with van der Waals surface area (Å²) in [5.74, 6) is 1.89. The van der Waals surface area contributed by atoms with Gasteiger partial charge in [0.1, 0.15) is 5.82 Å². The topological polar surface area (TPSA) is 84.7 Å². The Hall–Kier alpha value is -2.44. The van der Waals surface area contributed by atoms with Crippen LogP contribution in [0.25, 0.3) is 0 Å². The summed E-state index contributed by atoms with van der Waals surface area (Å²) in [6.07, 6.45) is 8.53. The number of amides is 2. The average molecular weight is 314 g/mol. The van der Waals surface area contributed by atoms with Crippen LogP contribution in [0.2, 0.25) is 0 Å². The molecule has 0 fully saturated rings. The first kappa shape index (κ1) is 15.5. The summed E-state index contributed by atoms with van der Waals surface area (Å²) in [4.78, 5) is 16.1. The molecule has 2 aromatic rings. The quantitative estimate of drug-likeness (QED) is 0.908. The number of hydrogen-bond acceptors (Lipinski definition) is 4. The van der Waals surface area contributed by atoms with Crippen LogP contribution in [0.5, 0.6) is 0 Å². The number of rotatable bonds is 4. The minimum absolute atomic E-state index is 0.142. The number of nitrogens with zero attached hydrogens (tertiary/aromatic N) is 4. The van der Waals surface area contributed by atoms with Gasteiger partial charge in [-0.2, -0.15) is 0 Å². The molecule has 1 unspecified atom stereocenters. The van der Waals surface area contributed by atoms with Gasteiger partial charge in [-0.1, -0.05) is 13.3 Å². The second-order valence-electron chi connectivity index (χ2n) is 5.73. The number of nitrogens with one attached hydrogen (secondary N) is 2. The van der Waals surface area contributed by atoms with Crippen molar-refractivity contribution in [1.29, 1.82) is 0 Å². The van der Waals surface area contributed by atoms with Crippen LogP contribution in [-0.4, -0.2) is 25.8 Å². The van der Waals surface area contributed by atoms with Crippen molar-refractivity contribution in [1.82, 2.24) is 25.1 Å². The van der Waals surface area contributed by atoms with Crippen molar-refractivity contribution < 1.29 is 4.79 Å². The van der Waals surface area contributed by atoms with Crippen molar-refractivity contribution >= 4 is 11.7 Å². The number of fused-ring (bicyclic) bond motifs is 1. The SMILES string of the molecule is CCC(NC(=O)Nc1ccncc1)c1nnc2n1CCCCC2. The van der Waals surface area contributed by atoms with Crippen LogP contribution >= 0.6 is 0 Å². The molecule has 1 atom stereocenters. The second-order valence-corrected chi connectivity index (χ2v) is 5.73. The molecule has 122 valence electrons. The predicted molar refractivity (Wildman–Crippen MR) is 87.0 cm³/mol. The third-order valence-corrected chi connectivity index (χ3v) is 4.10. The van der Waals surface area contributed by atoms with Crippen molar-refractivity contribution in [3.05, 3.63) is 36.2 Å². The number of pyridine rings is 1. The Kier molecular flexibility index (Phi) is 4.85. The number of carbonyl (C=O) groups is 1. The molecule has 1 aliphatic rings. The monoisotopic (exact) mass is 314 g/mol. The molecule has 0 bridgehead atoms. The Morgan fingerprint density at radius 1 is 1.26 bits per heavy atom. The van der Waals surface area contributed by atoms with Gasteiger partial charge < -0.3 is 15.2 Å². The molecule has 2 N–H and O–H groups in total. The highest BCUT2D eigenvalue weighted by molar-refractivity contribution is 5.89. The number of urea groups is 1. The van der Waals surface area contributed by atoms with E-state index in [1.807, 2.05) is 6.92 Å². The largest absolute Gasteiger partial charge is 0.328 e. The van der Waals surface area contributed by atoms with Gasteiger partial charge in [-0.3, -0.25) is 4.98 Å². The van der Waals surface area contributed by atoms with E-state index in [0.717, 1.165) is 43.9 Å². The molecule has 0 aliphatic carbocycles. The molecule has 23 heavy (non-hydrogen) atoms. The Balaban J connectivity index is 1.70. The summed E-state index contributed by atoms with van der Waals surface area (Å²) in [5, 5.41) is 14.4. The molecule has 0 radical (unpaired) electrons. The lowest BCUT2D eigenvalue weighted by Gasteiger charge is -2.18. The standard InChI is InChI=1S/C16H22N6O/c1-2-13(19-16(23)18-12-7-9-17-10-8-12)15-21-20-14-6-4-3-5-11-22(14)15/h7-10,13H,2-6,11H2,1H3,(H2,17,18,19,23). The lowest BCUT2D eigenvalue weighted by Crippen LogP contribution is -2.34. The fourth-order valence-electron chi connectivity index (χ4n) is 2.88. The van der Waals surface area contributed by atoms with Gasteiger partial charge in [0, 0.05) is 31.0 Å². The maximum Gasteiger partial charge on any atom is 0.319 e. The van der Waals surface area contributed by atoms with E-state index in [4.69, 9.17) is 0 Å². The van der Waals surface area contributed by atoms with Gasteiger partial charge in [0.05, 0.1) is 6.04 Å². The fourth-order valence-corrected chi connectivity index (χ4v) is 2.88. The summed E-state index contributed by atoms with van der Waals surface area (Å²) >= 11 is 0. The van der Waals surface area contributed by atoms with Gasteiger partial charge in [-0.25, -0.2) is 4.79 Å². The number of carbonyl (C=O) groups excluding carboxylic acids is 1. The molecule has 1 aliphatic heterocycles. The van der Waals surface area contributed by atoms with Crippen LogP contribution in [0, 0.1) is 0 Å². The Bertz CT molecular complexity index is 654. The molecule has 0 saturated carbocycles. The Labute approximate surface area is 135 Å². The zero-order valence-corrected chi connectivity index (χ0v) is 13.3. The lowest BCUT2D eigenvalue weighted by molar-refractivity contribution is 0.247. The van der Waals surface area contributed by atoms with Gasteiger partial charge in [-0.05, 0) is 31.4 Å². The van der Waals surface area contributed by atoms with E-state index < -0.39 is 0 Å². The summed E-state index contributed by atoms with van der Waals surface area (Å²) < 4.78 is 2.17. The van der Waals surface area contributed by atoms with Gasteiger partial charge >= 0.3 is 6.03 Å². The van der Waals surface area contributed by atoms with Crippen LogP contribution < -0.4 is 10.6 Å². The van der Waals surface area contributed by atoms with E-state index >= 15 is 0 Å². The van der Waals surface area contributed by atoms with Crippen LogP contribution in [0.3, 0.4) is 0 Å². The molecule has 3 rings (SSSR count). The minimum Gasteiger partial charge on any atom is -0.328 e. The molecule has 2 aromatic heterocycles. The van der Waals surface area contributed by atoms with Crippen molar-refractivity contribution in [3.63, 3.8) is 0 Å². The number of anilines is 1. The second kappa shape index (κ2) is 7.21. The first-order valence-electron chi connectivity index (χ1n) is 8.17. The maximum absolute atomic E-state index is 12.2. The van der Waals surface area contributed by atoms with Crippen molar-refractivity contribution in [2.45, 2.75) is 51.6 Å². The van der Waals surface area contributed by atoms with E-state index in [1.165, 1.54) is 6.42 Å². The van der Waals surface area contributed by atoms with E-state index in [9.17, 15) is 4.79 Å². The lowest BCUT2D eigenvalue weighted by atomic mass is 10.2. The van der Waals surface area contributed by atoms with Crippen LogP contribution in [0.1, 0.15) is 50.3 Å². The molecule has 0 spiro atoms. The molecule has 7 nitrogen and oxygen atoms in total. The molecule has 0 aromatic carbocycles. The summed E-state index contributed by atoms with van der Waals surface area (Å²) in [6.45, 7) is 2.97. The van der Waals surface area contributed by atoms with Crippen LogP contribution in [0.4, 0.5) is 10.5 Å². The van der Waals surface area contributed by atoms with Crippen molar-refractivity contribution in [2.24, 2.45) is 0 Å². The van der Waals surface area contributed by atoms with Gasteiger partial charge in [0.15, 0.2) is 5.82 Å². The highest BCUT2D eigenvalue weighted by atomic mass is 16.2. The van der Waals surface area contributed by atoms with Crippen molar-refractivity contribution in [2.75, 3.05) is 5.32 Å². The Morgan fingerprint density at radius 3 is 2.87 bits per heavy atom. The first-order valence-corrected chi connectivity index (χ1v) is 8.17. The fraction of sp³-hybridized carbons (Fsp3) is 0.500. The van der Waals surface area contributed by atoms with Gasteiger partial charge in [0.25, 0.3) is 0 Å². The third kappa shape index (κ3) is 3.67. The molecule has 2 amide bonds. The summed E-state index contributed by atoms with van der Waals surface area (Å²) in [6, 6.07) is 3.12. The van der Waals surface area contributed by atoms with Gasteiger partial charge in [0.2, 0.25) is 0 Å². The van der Waals surface area contributed by atoms with Gasteiger partial charge in [-0.15, -0.1) is 10.2 Å². The summed E-state index contributed by atoms with van der Waals surface area (Å²) in [5.41, 5.74) is 0.715. The van der Waals surface area contributed by atoms with Crippen molar-refractivity contribution in [3.8, 4) is 0 Å². The normalized spacial score (nSPS) is 15.3. The predicted octanol–water partition coefficient (Wildman–Crippen LogP) is 2.67.